The topological polar surface area (TPSA) is 73.5 Å². The molecule has 28 heavy (non-hydrogen) atoms. The molecule has 6 nitrogen and oxygen atoms in total. The van der Waals surface area contributed by atoms with Crippen LogP contribution in [0, 0.1) is 11.7 Å². The Bertz CT molecular complexity index is 675. The number of carbonyl (C=O) groups excluding carboxylic acids is 2. The molecule has 3 amide bonds. The van der Waals surface area contributed by atoms with E-state index in [4.69, 9.17) is 0 Å². The van der Waals surface area contributed by atoms with E-state index in [0.717, 1.165) is 31.4 Å². The quantitative estimate of drug-likeness (QED) is 0.710. The molecule has 2 aliphatic rings. The maximum atomic E-state index is 13.6. The summed E-state index contributed by atoms with van der Waals surface area (Å²) in [7, 11) is 0. The molecule has 0 aromatic heterocycles. The molecule has 1 aromatic carbocycles. The second-order valence-electron chi connectivity index (χ2n) is 7.64. The van der Waals surface area contributed by atoms with Crippen molar-refractivity contribution in [1.29, 1.82) is 0 Å². The summed E-state index contributed by atoms with van der Waals surface area (Å²) in [6, 6.07) is 6.07. The number of nitrogens with one attached hydrogen (secondary N) is 3. The van der Waals surface area contributed by atoms with Gasteiger partial charge in [-0.25, -0.2) is 9.18 Å². The van der Waals surface area contributed by atoms with E-state index in [0.29, 0.717) is 19.0 Å². The van der Waals surface area contributed by atoms with Crippen LogP contribution in [0.4, 0.5) is 9.18 Å². The van der Waals surface area contributed by atoms with Gasteiger partial charge in [0.2, 0.25) is 5.91 Å². The minimum atomic E-state index is -0.420. The van der Waals surface area contributed by atoms with Crippen LogP contribution in [-0.2, 0) is 4.79 Å². The van der Waals surface area contributed by atoms with E-state index >= 15 is 0 Å². The molecule has 3 unspecified atom stereocenters. The van der Waals surface area contributed by atoms with Gasteiger partial charge >= 0.3 is 6.03 Å². The lowest BCUT2D eigenvalue weighted by Gasteiger charge is -2.36. The van der Waals surface area contributed by atoms with Gasteiger partial charge in [0.25, 0.3) is 0 Å². The molecule has 8 heteroatoms. The summed E-state index contributed by atoms with van der Waals surface area (Å²) < 4.78 is 13.6. The largest absolute Gasteiger partial charge is 0.335 e. The van der Waals surface area contributed by atoms with Crippen LogP contribution < -0.4 is 16.0 Å². The summed E-state index contributed by atoms with van der Waals surface area (Å²) in [5.41, 5.74) is 0.829. The van der Waals surface area contributed by atoms with Crippen molar-refractivity contribution < 1.29 is 14.0 Å². The third-order valence-corrected chi connectivity index (χ3v) is 5.62. The standard InChI is InChI=1S/C20H29FN4O2.ClH/c1-14-5-2-3-8-17(14)23-20(27)24-19(26)13-25-10-9-22-12-18(25)15-6-4-7-16(21)11-15;/h4,6-7,11,14,17-18,22H,2-3,5,8-10,12-13H2,1H3,(H2,23,24,26,27);1H. The highest BCUT2D eigenvalue weighted by molar-refractivity contribution is 5.95. The number of rotatable bonds is 4. The van der Waals surface area contributed by atoms with Gasteiger partial charge in [-0.2, -0.15) is 0 Å². The molecule has 1 heterocycles. The predicted molar refractivity (Wildman–Crippen MR) is 109 cm³/mol. The fraction of sp³-hybridized carbons (Fsp3) is 0.600. The lowest BCUT2D eigenvalue weighted by Crippen LogP contribution is -2.52. The van der Waals surface area contributed by atoms with Gasteiger partial charge < -0.3 is 10.6 Å². The maximum Gasteiger partial charge on any atom is 0.321 e. The Morgan fingerprint density at radius 3 is 2.82 bits per heavy atom. The molecule has 0 spiro atoms. The Balaban J connectivity index is 0.00000280. The van der Waals surface area contributed by atoms with Crippen molar-refractivity contribution in [3.8, 4) is 0 Å². The maximum absolute atomic E-state index is 13.6. The van der Waals surface area contributed by atoms with E-state index in [9.17, 15) is 14.0 Å². The predicted octanol–water partition coefficient (Wildman–Crippen LogP) is 2.60. The van der Waals surface area contributed by atoms with Crippen LogP contribution >= 0.6 is 12.4 Å². The highest BCUT2D eigenvalue weighted by atomic mass is 35.5. The summed E-state index contributed by atoms with van der Waals surface area (Å²) in [6.45, 7) is 4.30. The van der Waals surface area contributed by atoms with E-state index in [-0.39, 0.29) is 42.8 Å². The van der Waals surface area contributed by atoms with Crippen molar-refractivity contribution in [3.05, 3.63) is 35.6 Å². The van der Waals surface area contributed by atoms with Gasteiger partial charge in [0, 0.05) is 31.7 Å². The number of carbonyl (C=O) groups is 2. The third-order valence-electron chi connectivity index (χ3n) is 5.62. The Morgan fingerprint density at radius 2 is 2.07 bits per heavy atom. The minimum absolute atomic E-state index is 0. The second kappa shape index (κ2) is 10.7. The number of halogens is 2. The first-order valence-corrected chi connectivity index (χ1v) is 9.83. The monoisotopic (exact) mass is 412 g/mol. The zero-order chi connectivity index (χ0) is 19.2. The normalized spacial score (nSPS) is 25.4. The molecule has 156 valence electrons. The summed E-state index contributed by atoms with van der Waals surface area (Å²) >= 11 is 0. The highest BCUT2D eigenvalue weighted by Gasteiger charge is 2.27. The summed E-state index contributed by atoms with van der Waals surface area (Å²) in [5, 5.41) is 8.67. The van der Waals surface area contributed by atoms with E-state index in [1.807, 2.05) is 11.0 Å². The number of amides is 3. The SMILES string of the molecule is CC1CCCCC1NC(=O)NC(=O)CN1CCNCC1c1cccc(F)c1.Cl. The van der Waals surface area contributed by atoms with Crippen molar-refractivity contribution in [3.63, 3.8) is 0 Å². The number of benzene rings is 1. The summed E-state index contributed by atoms with van der Waals surface area (Å²) in [6.07, 6.45) is 4.38. The molecule has 3 rings (SSSR count). The van der Waals surface area contributed by atoms with Gasteiger partial charge in [-0.1, -0.05) is 31.9 Å². The van der Waals surface area contributed by atoms with E-state index < -0.39 is 6.03 Å². The minimum Gasteiger partial charge on any atom is -0.335 e. The molecule has 1 aromatic rings. The zero-order valence-corrected chi connectivity index (χ0v) is 17.1. The van der Waals surface area contributed by atoms with Gasteiger partial charge in [0.1, 0.15) is 5.82 Å². The van der Waals surface area contributed by atoms with E-state index in [1.54, 1.807) is 6.07 Å². The molecule has 3 atom stereocenters. The Hall–Kier alpha value is -1.70. The Labute approximate surface area is 172 Å². The van der Waals surface area contributed by atoms with Crippen LogP contribution in [0.25, 0.3) is 0 Å². The van der Waals surface area contributed by atoms with Crippen molar-refractivity contribution in [1.82, 2.24) is 20.9 Å². The number of nitrogens with zero attached hydrogens (tertiary/aromatic N) is 1. The van der Waals surface area contributed by atoms with Gasteiger partial charge in [-0.15, -0.1) is 12.4 Å². The molecule has 1 aliphatic heterocycles. The Morgan fingerprint density at radius 1 is 1.29 bits per heavy atom. The lowest BCUT2D eigenvalue weighted by molar-refractivity contribution is -0.122. The van der Waals surface area contributed by atoms with Crippen LogP contribution in [-0.4, -0.2) is 49.1 Å². The average Bonchev–Trinajstić information content (AvgIpc) is 2.64. The molecular formula is C20H30ClFN4O2. The summed E-state index contributed by atoms with van der Waals surface area (Å²) in [5.74, 6) is -0.187. The number of urea groups is 1. The van der Waals surface area contributed by atoms with Gasteiger partial charge in [-0.3, -0.25) is 15.0 Å². The van der Waals surface area contributed by atoms with Crippen molar-refractivity contribution >= 4 is 24.3 Å². The van der Waals surface area contributed by atoms with Crippen LogP contribution in [0.3, 0.4) is 0 Å². The van der Waals surface area contributed by atoms with Crippen LogP contribution in [0.1, 0.15) is 44.2 Å². The molecule has 3 N–H and O–H groups in total. The fourth-order valence-electron chi connectivity index (χ4n) is 4.06. The van der Waals surface area contributed by atoms with Crippen molar-refractivity contribution in [2.45, 2.75) is 44.7 Å². The van der Waals surface area contributed by atoms with Crippen LogP contribution in [0.2, 0.25) is 0 Å². The first-order chi connectivity index (χ1) is 13.0. The highest BCUT2D eigenvalue weighted by Crippen LogP contribution is 2.24. The number of imide groups is 1. The molecule has 1 aliphatic carbocycles. The van der Waals surface area contributed by atoms with Gasteiger partial charge in [-0.05, 0) is 36.5 Å². The molecule has 0 radical (unpaired) electrons. The number of piperazine rings is 1. The average molecular weight is 413 g/mol. The molecular weight excluding hydrogens is 383 g/mol. The van der Waals surface area contributed by atoms with Crippen molar-refractivity contribution in [2.24, 2.45) is 5.92 Å². The van der Waals surface area contributed by atoms with Gasteiger partial charge in [0.15, 0.2) is 0 Å². The molecule has 1 saturated heterocycles. The van der Waals surface area contributed by atoms with Gasteiger partial charge in [0.05, 0.1) is 6.54 Å². The van der Waals surface area contributed by atoms with Crippen molar-refractivity contribution in [2.75, 3.05) is 26.2 Å². The second-order valence-corrected chi connectivity index (χ2v) is 7.64. The smallest absolute Gasteiger partial charge is 0.321 e. The number of hydrogen-bond acceptors (Lipinski definition) is 4. The fourth-order valence-corrected chi connectivity index (χ4v) is 4.06. The van der Waals surface area contributed by atoms with E-state index in [1.165, 1.54) is 18.6 Å². The first-order valence-electron chi connectivity index (χ1n) is 9.83. The molecule has 2 fully saturated rings. The Kier molecular flexibility index (Phi) is 8.66. The molecule has 1 saturated carbocycles. The summed E-state index contributed by atoms with van der Waals surface area (Å²) in [4.78, 5) is 26.5. The molecule has 0 bridgehead atoms. The number of hydrogen-bond donors (Lipinski definition) is 3. The lowest BCUT2D eigenvalue weighted by atomic mass is 9.86. The first kappa shape index (κ1) is 22.6. The van der Waals surface area contributed by atoms with E-state index in [2.05, 4.69) is 22.9 Å². The zero-order valence-electron chi connectivity index (χ0n) is 16.2. The van der Waals surface area contributed by atoms with Crippen LogP contribution in [0.5, 0.6) is 0 Å². The third kappa shape index (κ3) is 6.15. The van der Waals surface area contributed by atoms with Crippen LogP contribution in [0.15, 0.2) is 24.3 Å².